The molecule has 7 heteroatoms. The van der Waals surface area contributed by atoms with E-state index >= 15 is 0 Å². The molecule has 1 amide bonds. The van der Waals surface area contributed by atoms with E-state index in [-0.39, 0.29) is 11.6 Å². The van der Waals surface area contributed by atoms with Gasteiger partial charge in [0.1, 0.15) is 11.4 Å². The summed E-state index contributed by atoms with van der Waals surface area (Å²) in [5.41, 5.74) is 0.327. The van der Waals surface area contributed by atoms with Crippen LogP contribution in [0.5, 0.6) is 0 Å². The molecular weight excluding hydrogens is 351 g/mol. The van der Waals surface area contributed by atoms with Crippen LogP contribution in [-0.2, 0) is 9.47 Å². The highest BCUT2D eigenvalue weighted by Crippen LogP contribution is 2.28. The molecule has 150 valence electrons. The quantitative estimate of drug-likeness (QED) is 0.785. The largest absolute Gasteiger partial charge is 0.465 e. The van der Waals surface area contributed by atoms with E-state index in [1.807, 2.05) is 20.8 Å². The summed E-state index contributed by atoms with van der Waals surface area (Å²) in [5, 5.41) is 2.77. The van der Waals surface area contributed by atoms with Gasteiger partial charge in [-0.05, 0) is 64.7 Å². The zero-order chi connectivity index (χ0) is 20.0. The summed E-state index contributed by atoms with van der Waals surface area (Å²) < 4.78 is 24.0. The first-order valence-electron chi connectivity index (χ1n) is 9.32. The van der Waals surface area contributed by atoms with Crippen LogP contribution in [0.4, 0.5) is 14.9 Å². The first-order chi connectivity index (χ1) is 12.7. The summed E-state index contributed by atoms with van der Waals surface area (Å²) in [6, 6.07) is 4.43. The molecule has 0 bridgehead atoms. The number of ether oxygens (including phenoxy) is 2. The number of amides is 1. The summed E-state index contributed by atoms with van der Waals surface area (Å²) in [7, 11) is 1.28. The highest BCUT2D eigenvalue weighted by Gasteiger charge is 2.24. The fourth-order valence-electron chi connectivity index (χ4n) is 3.27. The number of piperidine rings is 1. The van der Waals surface area contributed by atoms with Crippen LogP contribution in [0, 0.1) is 5.82 Å². The third-order valence-corrected chi connectivity index (χ3v) is 4.41. The Morgan fingerprint density at radius 3 is 2.67 bits per heavy atom. The van der Waals surface area contributed by atoms with Crippen LogP contribution in [0.25, 0.3) is 0 Å². The van der Waals surface area contributed by atoms with E-state index in [4.69, 9.17) is 9.47 Å². The van der Waals surface area contributed by atoms with Gasteiger partial charge in [-0.2, -0.15) is 0 Å². The lowest BCUT2D eigenvalue weighted by Crippen LogP contribution is -2.42. The molecular formula is C20H29FN2O4. The molecule has 0 aromatic heterocycles. The fourth-order valence-corrected chi connectivity index (χ4v) is 3.27. The molecule has 27 heavy (non-hydrogen) atoms. The molecule has 0 aliphatic carbocycles. The molecule has 0 spiro atoms. The van der Waals surface area contributed by atoms with Gasteiger partial charge in [0.2, 0.25) is 0 Å². The number of nitrogens with zero attached hydrogens (tertiary/aromatic N) is 1. The number of anilines is 1. The van der Waals surface area contributed by atoms with Gasteiger partial charge in [-0.15, -0.1) is 0 Å². The monoisotopic (exact) mass is 380 g/mol. The Balaban J connectivity index is 2.04. The van der Waals surface area contributed by atoms with Crippen LogP contribution in [0.3, 0.4) is 0 Å². The lowest BCUT2D eigenvalue weighted by atomic mass is 9.98. The molecule has 1 aliphatic heterocycles. The van der Waals surface area contributed by atoms with Gasteiger partial charge in [0, 0.05) is 24.8 Å². The third kappa shape index (κ3) is 6.41. The second kappa shape index (κ2) is 9.06. The minimum absolute atomic E-state index is 0.154. The van der Waals surface area contributed by atoms with E-state index in [1.54, 1.807) is 6.07 Å². The van der Waals surface area contributed by atoms with E-state index in [0.29, 0.717) is 18.7 Å². The van der Waals surface area contributed by atoms with Crippen LogP contribution < -0.4 is 10.2 Å². The maximum Gasteiger partial charge on any atom is 0.407 e. The van der Waals surface area contributed by atoms with Gasteiger partial charge in [-0.1, -0.05) is 0 Å². The minimum Gasteiger partial charge on any atom is -0.465 e. The van der Waals surface area contributed by atoms with Crippen LogP contribution in [0.2, 0.25) is 0 Å². The summed E-state index contributed by atoms with van der Waals surface area (Å²) in [4.78, 5) is 25.7. The van der Waals surface area contributed by atoms with Crippen LogP contribution >= 0.6 is 0 Å². The molecule has 6 nitrogen and oxygen atoms in total. The van der Waals surface area contributed by atoms with E-state index in [0.717, 1.165) is 25.8 Å². The van der Waals surface area contributed by atoms with Crippen LogP contribution in [-0.4, -0.2) is 43.9 Å². The van der Waals surface area contributed by atoms with Gasteiger partial charge in [-0.25, -0.2) is 14.0 Å². The second-order valence-corrected chi connectivity index (χ2v) is 7.75. The topological polar surface area (TPSA) is 67.9 Å². The Bertz CT molecular complexity index is 672. The van der Waals surface area contributed by atoms with E-state index < -0.39 is 23.5 Å². The average Bonchev–Trinajstić information content (AvgIpc) is 2.59. The van der Waals surface area contributed by atoms with Crippen molar-refractivity contribution in [2.45, 2.75) is 58.1 Å². The maximum atomic E-state index is 14.0. The number of hydrogen-bond donors (Lipinski definition) is 1. The average molecular weight is 380 g/mol. The van der Waals surface area contributed by atoms with Gasteiger partial charge < -0.3 is 19.7 Å². The second-order valence-electron chi connectivity index (χ2n) is 7.75. The van der Waals surface area contributed by atoms with Crippen LogP contribution in [0.1, 0.15) is 56.8 Å². The number of nitrogens with one attached hydrogen (secondary N) is 1. The zero-order valence-corrected chi connectivity index (χ0v) is 16.5. The first-order valence-corrected chi connectivity index (χ1v) is 9.32. The number of esters is 1. The van der Waals surface area contributed by atoms with Crippen molar-refractivity contribution in [3.8, 4) is 0 Å². The van der Waals surface area contributed by atoms with Crippen molar-refractivity contribution in [2.75, 3.05) is 25.1 Å². The number of methoxy groups -OCH3 is 1. The molecule has 1 heterocycles. The molecule has 1 aromatic carbocycles. The SMILES string of the molecule is COC(=O)c1cc(F)cc(N2CCCC[C@H]2CCNC(=O)OC(C)(C)C)c1. The molecule has 1 fully saturated rings. The Hall–Kier alpha value is -2.31. The predicted molar refractivity (Wildman–Crippen MR) is 102 cm³/mol. The third-order valence-electron chi connectivity index (χ3n) is 4.41. The Labute approximate surface area is 160 Å². The van der Waals surface area contributed by atoms with Crippen molar-refractivity contribution >= 4 is 17.7 Å². The maximum absolute atomic E-state index is 14.0. The molecule has 2 rings (SSSR count). The summed E-state index contributed by atoms with van der Waals surface area (Å²) in [6.07, 6.45) is 3.29. The number of halogens is 1. The van der Waals surface area contributed by atoms with Crippen LogP contribution in [0.15, 0.2) is 18.2 Å². The lowest BCUT2D eigenvalue weighted by molar-refractivity contribution is 0.0524. The van der Waals surface area contributed by atoms with Gasteiger partial charge in [0.05, 0.1) is 12.7 Å². The van der Waals surface area contributed by atoms with Crippen molar-refractivity contribution in [1.29, 1.82) is 0 Å². The van der Waals surface area contributed by atoms with Crippen molar-refractivity contribution < 1.29 is 23.5 Å². The summed E-state index contributed by atoms with van der Waals surface area (Å²) in [5.74, 6) is -1.03. The highest BCUT2D eigenvalue weighted by atomic mass is 19.1. The molecule has 1 atom stereocenters. The summed E-state index contributed by atoms with van der Waals surface area (Å²) >= 11 is 0. The number of carbonyl (C=O) groups is 2. The predicted octanol–water partition coefficient (Wildman–Crippen LogP) is 3.89. The van der Waals surface area contributed by atoms with Crippen molar-refractivity contribution in [3.63, 3.8) is 0 Å². The van der Waals surface area contributed by atoms with E-state index in [1.165, 1.54) is 19.2 Å². The Kier molecular flexibility index (Phi) is 7.05. The van der Waals surface area contributed by atoms with Gasteiger partial charge in [-0.3, -0.25) is 0 Å². The molecule has 1 aliphatic rings. The summed E-state index contributed by atoms with van der Waals surface area (Å²) in [6.45, 7) is 6.70. The minimum atomic E-state index is -0.559. The zero-order valence-electron chi connectivity index (χ0n) is 16.5. The molecule has 0 radical (unpaired) electrons. The normalized spacial score (nSPS) is 17.4. The lowest BCUT2D eigenvalue weighted by Gasteiger charge is -2.38. The van der Waals surface area contributed by atoms with Gasteiger partial charge in [0.25, 0.3) is 0 Å². The van der Waals surface area contributed by atoms with Crippen molar-refractivity contribution in [2.24, 2.45) is 0 Å². The highest BCUT2D eigenvalue weighted by molar-refractivity contribution is 5.90. The van der Waals surface area contributed by atoms with E-state index in [9.17, 15) is 14.0 Å². The number of alkyl carbamates (subject to hydrolysis) is 1. The molecule has 1 saturated heterocycles. The smallest absolute Gasteiger partial charge is 0.407 e. The molecule has 0 unspecified atom stereocenters. The van der Waals surface area contributed by atoms with E-state index in [2.05, 4.69) is 10.2 Å². The number of hydrogen-bond acceptors (Lipinski definition) is 5. The fraction of sp³-hybridized carbons (Fsp3) is 0.600. The van der Waals surface area contributed by atoms with Crippen molar-refractivity contribution in [3.05, 3.63) is 29.6 Å². The molecule has 1 aromatic rings. The number of carbonyl (C=O) groups excluding carboxylic acids is 2. The molecule has 1 N–H and O–H groups in total. The first kappa shape index (κ1) is 21.0. The standard InChI is InChI=1S/C20H29FN2O4/c1-20(2,3)27-19(25)22-9-8-16-7-5-6-10-23(16)17-12-14(18(24)26-4)11-15(21)13-17/h11-13,16H,5-10H2,1-4H3,(H,22,25)/t16-/m0/s1. The van der Waals surface area contributed by atoms with Gasteiger partial charge in [0.15, 0.2) is 0 Å². The molecule has 0 saturated carbocycles. The van der Waals surface area contributed by atoms with Crippen molar-refractivity contribution in [1.82, 2.24) is 5.32 Å². The number of rotatable bonds is 5. The Morgan fingerprint density at radius 2 is 2.00 bits per heavy atom. The Morgan fingerprint density at radius 1 is 1.26 bits per heavy atom. The number of benzene rings is 1. The van der Waals surface area contributed by atoms with Gasteiger partial charge >= 0.3 is 12.1 Å².